The first-order chi connectivity index (χ1) is 14.7. The van der Waals surface area contributed by atoms with Crippen molar-refractivity contribution in [2.75, 3.05) is 0 Å². The highest BCUT2D eigenvalue weighted by Crippen LogP contribution is 2.24. The van der Waals surface area contributed by atoms with E-state index in [0.717, 1.165) is 47.6 Å². The molecule has 0 atom stereocenters. The molecule has 0 saturated heterocycles. The lowest BCUT2D eigenvalue weighted by Gasteiger charge is -2.14. The van der Waals surface area contributed by atoms with Crippen molar-refractivity contribution in [2.45, 2.75) is 60.2 Å². The van der Waals surface area contributed by atoms with Gasteiger partial charge >= 0.3 is 0 Å². The Hall–Kier alpha value is -2.98. The minimum atomic E-state index is -0.302. The molecule has 0 radical (unpaired) electrons. The van der Waals surface area contributed by atoms with E-state index in [4.69, 9.17) is 5.10 Å². The van der Waals surface area contributed by atoms with Gasteiger partial charge in [-0.15, -0.1) is 0 Å². The summed E-state index contributed by atoms with van der Waals surface area (Å²) in [4.78, 5) is 0. The zero-order valence-electron chi connectivity index (χ0n) is 19.0. The van der Waals surface area contributed by atoms with Crippen LogP contribution in [-0.4, -0.2) is 19.6 Å². The Morgan fingerprint density at radius 2 is 1.97 bits per heavy atom. The molecular formula is C24H31FN6. The topological polar surface area (TPSA) is 71.5 Å². The minimum absolute atomic E-state index is 0.265. The van der Waals surface area contributed by atoms with E-state index in [1.807, 2.05) is 44.8 Å². The number of hydrogen-bond acceptors (Lipinski definition) is 4. The van der Waals surface area contributed by atoms with Crippen LogP contribution in [0.3, 0.4) is 0 Å². The molecule has 0 saturated carbocycles. The van der Waals surface area contributed by atoms with E-state index >= 15 is 0 Å². The van der Waals surface area contributed by atoms with Gasteiger partial charge in [0.15, 0.2) is 0 Å². The van der Waals surface area contributed by atoms with E-state index in [2.05, 4.69) is 23.4 Å². The fourth-order valence-electron chi connectivity index (χ4n) is 3.80. The van der Waals surface area contributed by atoms with Gasteiger partial charge in [-0.25, -0.2) is 4.39 Å². The van der Waals surface area contributed by atoms with Gasteiger partial charge in [0.1, 0.15) is 5.82 Å². The molecule has 0 aliphatic heterocycles. The SMILES string of the molecule is Cc1nn(CCCC(C)(C)C#N)c(C)c1CNCc1cn(C)nc1-c1cccc(F)c1. The molecule has 0 aliphatic rings. The van der Waals surface area contributed by atoms with Gasteiger partial charge in [0.25, 0.3) is 0 Å². The lowest BCUT2D eigenvalue weighted by molar-refractivity contribution is 0.404. The van der Waals surface area contributed by atoms with E-state index in [-0.39, 0.29) is 11.2 Å². The van der Waals surface area contributed by atoms with Crippen molar-refractivity contribution in [3.05, 3.63) is 58.8 Å². The number of nitriles is 1. The summed E-state index contributed by atoms with van der Waals surface area (Å²) >= 11 is 0. The minimum Gasteiger partial charge on any atom is -0.308 e. The van der Waals surface area contributed by atoms with E-state index in [9.17, 15) is 9.65 Å². The zero-order chi connectivity index (χ0) is 22.6. The molecule has 6 nitrogen and oxygen atoms in total. The largest absolute Gasteiger partial charge is 0.308 e. The van der Waals surface area contributed by atoms with Crippen LogP contribution in [-0.2, 0) is 26.7 Å². The smallest absolute Gasteiger partial charge is 0.123 e. The van der Waals surface area contributed by atoms with Gasteiger partial charge in [-0.1, -0.05) is 12.1 Å². The maximum Gasteiger partial charge on any atom is 0.123 e. The maximum atomic E-state index is 13.7. The summed E-state index contributed by atoms with van der Waals surface area (Å²) in [6.07, 6.45) is 3.73. The molecule has 0 amide bonds. The number of aromatic nitrogens is 4. The summed E-state index contributed by atoms with van der Waals surface area (Å²) in [6, 6.07) is 8.89. The number of rotatable bonds is 9. The van der Waals surface area contributed by atoms with Crippen molar-refractivity contribution >= 4 is 0 Å². The maximum absolute atomic E-state index is 13.7. The second-order valence-corrected chi connectivity index (χ2v) is 8.76. The van der Waals surface area contributed by atoms with Gasteiger partial charge < -0.3 is 5.32 Å². The van der Waals surface area contributed by atoms with Crippen LogP contribution in [0, 0.1) is 36.4 Å². The Morgan fingerprint density at radius 3 is 2.68 bits per heavy atom. The molecule has 31 heavy (non-hydrogen) atoms. The standard InChI is InChI=1S/C24H31FN6/c1-17-22(18(2)31(28-17)11-7-10-24(3,4)16-26)14-27-13-20-15-30(5)29-23(20)19-8-6-9-21(25)12-19/h6,8-9,12,15,27H,7,10-11,13-14H2,1-5H3. The van der Waals surface area contributed by atoms with E-state index in [1.54, 1.807) is 10.7 Å². The van der Waals surface area contributed by atoms with E-state index in [0.29, 0.717) is 13.1 Å². The third-order valence-corrected chi connectivity index (χ3v) is 5.63. The van der Waals surface area contributed by atoms with Crippen LogP contribution in [0.15, 0.2) is 30.5 Å². The number of hydrogen-bond donors (Lipinski definition) is 1. The average Bonchev–Trinajstić information content (AvgIpc) is 3.22. The van der Waals surface area contributed by atoms with Gasteiger partial charge in [0.05, 0.1) is 22.9 Å². The van der Waals surface area contributed by atoms with Gasteiger partial charge in [-0.2, -0.15) is 15.5 Å². The predicted octanol–water partition coefficient (Wildman–Crippen LogP) is 4.66. The summed E-state index contributed by atoms with van der Waals surface area (Å²) in [6.45, 7) is 10.2. The first kappa shape index (κ1) is 22.7. The van der Waals surface area contributed by atoms with Crippen LogP contribution in [0.5, 0.6) is 0 Å². The summed E-state index contributed by atoms with van der Waals surface area (Å²) in [5, 5.41) is 21.9. The Morgan fingerprint density at radius 1 is 1.19 bits per heavy atom. The van der Waals surface area contributed by atoms with Gasteiger partial charge in [0, 0.05) is 55.3 Å². The summed E-state index contributed by atoms with van der Waals surface area (Å²) in [5.74, 6) is -0.265. The van der Waals surface area contributed by atoms with Crippen molar-refractivity contribution in [2.24, 2.45) is 12.5 Å². The van der Waals surface area contributed by atoms with Gasteiger partial charge in [-0.3, -0.25) is 9.36 Å². The highest BCUT2D eigenvalue weighted by atomic mass is 19.1. The molecule has 1 N–H and O–H groups in total. The second kappa shape index (κ2) is 9.44. The summed E-state index contributed by atoms with van der Waals surface area (Å²) < 4.78 is 17.5. The van der Waals surface area contributed by atoms with Crippen molar-refractivity contribution in [3.63, 3.8) is 0 Å². The molecule has 7 heteroatoms. The second-order valence-electron chi connectivity index (χ2n) is 8.76. The normalized spacial score (nSPS) is 11.6. The van der Waals surface area contributed by atoms with Crippen LogP contribution >= 0.6 is 0 Å². The Balaban J connectivity index is 1.64. The van der Waals surface area contributed by atoms with E-state index < -0.39 is 0 Å². The zero-order valence-corrected chi connectivity index (χ0v) is 19.0. The van der Waals surface area contributed by atoms with Crippen LogP contribution in [0.1, 0.15) is 49.2 Å². The fraction of sp³-hybridized carbons (Fsp3) is 0.458. The van der Waals surface area contributed by atoms with Crippen molar-refractivity contribution in [3.8, 4) is 17.3 Å². The number of nitrogens with one attached hydrogen (secondary N) is 1. The van der Waals surface area contributed by atoms with Crippen molar-refractivity contribution < 1.29 is 4.39 Å². The molecule has 3 aromatic rings. The fourth-order valence-corrected chi connectivity index (χ4v) is 3.80. The highest BCUT2D eigenvalue weighted by molar-refractivity contribution is 5.62. The highest BCUT2D eigenvalue weighted by Gasteiger charge is 2.17. The molecular weight excluding hydrogens is 391 g/mol. The molecule has 0 spiro atoms. The number of benzene rings is 1. The molecule has 0 unspecified atom stereocenters. The van der Waals surface area contributed by atoms with Crippen LogP contribution in [0.25, 0.3) is 11.3 Å². The quantitative estimate of drug-likeness (QED) is 0.544. The molecule has 1 aromatic carbocycles. The first-order valence-electron chi connectivity index (χ1n) is 10.6. The first-order valence-corrected chi connectivity index (χ1v) is 10.6. The predicted molar refractivity (Wildman–Crippen MR) is 119 cm³/mol. The molecule has 2 heterocycles. The molecule has 0 fully saturated rings. The average molecular weight is 423 g/mol. The van der Waals surface area contributed by atoms with E-state index in [1.165, 1.54) is 17.7 Å². The van der Waals surface area contributed by atoms with Gasteiger partial charge in [-0.05, 0) is 52.7 Å². The van der Waals surface area contributed by atoms with Gasteiger partial charge in [0.2, 0.25) is 0 Å². The Labute approximate surface area is 183 Å². The molecule has 164 valence electrons. The van der Waals surface area contributed by atoms with Crippen LogP contribution < -0.4 is 5.32 Å². The monoisotopic (exact) mass is 422 g/mol. The molecule has 3 rings (SSSR count). The van der Waals surface area contributed by atoms with Crippen LogP contribution in [0.2, 0.25) is 0 Å². The lowest BCUT2D eigenvalue weighted by atomic mass is 9.90. The summed E-state index contributed by atoms with van der Waals surface area (Å²) in [5.41, 5.74) is 5.64. The van der Waals surface area contributed by atoms with Crippen LogP contribution in [0.4, 0.5) is 4.39 Å². The third-order valence-electron chi connectivity index (χ3n) is 5.63. The number of halogens is 1. The van der Waals surface area contributed by atoms with Crippen molar-refractivity contribution in [1.29, 1.82) is 5.26 Å². The lowest BCUT2D eigenvalue weighted by Crippen LogP contribution is -2.14. The molecule has 2 aromatic heterocycles. The number of aryl methyl sites for hydroxylation is 3. The molecule has 0 bridgehead atoms. The third kappa shape index (κ3) is 5.59. The summed E-state index contributed by atoms with van der Waals surface area (Å²) in [7, 11) is 1.87. The Bertz CT molecular complexity index is 1090. The van der Waals surface area contributed by atoms with Crippen molar-refractivity contribution in [1.82, 2.24) is 24.9 Å². The Kier molecular flexibility index (Phi) is 6.91. The molecule has 0 aliphatic carbocycles. The number of nitrogens with zero attached hydrogens (tertiary/aromatic N) is 5.